The molecule has 1 rings (SSSR count). The van der Waals surface area contributed by atoms with Gasteiger partial charge in [0, 0.05) is 14.1 Å². The van der Waals surface area contributed by atoms with Gasteiger partial charge in [-0.25, -0.2) is 19.6 Å². The van der Waals surface area contributed by atoms with Crippen LogP contribution in [0.5, 0.6) is 0 Å². The number of imide groups is 1. The third-order valence-electron chi connectivity index (χ3n) is 2.62. The van der Waals surface area contributed by atoms with Crippen molar-refractivity contribution in [3.8, 4) is 0 Å². The molecule has 0 N–H and O–H groups in total. The van der Waals surface area contributed by atoms with Crippen LogP contribution in [0.4, 0.5) is 9.59 Å². The van der Waals surface area contributed by atoms with Crippen molar-refractivity contribution in [2.75, 3.05) is 27.7 Å². The molecule has 0 fully saturated rings. The van der Waals surface area contributed by atoms with Gasteiger partial charge in [-0.05, 0) is 27.7 Å². The maximum atomic E-state index is 12.4. The molecule has 0 aromatic carbocycles. The molecule has 0 saturated carbocycles. The van der Waals surface area contributed by atoms with Crippen LogP contribution in [0.1, 0.15) is 27.7 Å². The van der Waals surface area contributed by atoms with Crippen LogP contribution in [-0.4, -0.2) is 71.9 Å². The Hall–Kier alpha value is -2.16. The highest BCUT2D eigenvalue weighted by atomic mass is 16.6. The minimum absolute atomic E-state index is 0.184. The monoisotopic (exact) mass is 313 g/mol. The Morgan fingerprint density at radius 2 is 1.95 bits per heavy atom. The van der Waals surface area contributed by atoms with Gasteiger partial charge in [0.1, 0.15) is 24.1 Å². The highest BCUT2D eigenvalue weighted by Crippen LogP contribution is 2.16. The first kappa shape index (κ1) is 17.9. The van der Waals surface area contributed by atoms with E-state index in [-0.39, 0.29) is 6.54 Å². The van der Waals surface area contributed by atoms with E-state index < -0.39 is 17.7 Å². The summed E-state index contributed by atoms with van der Waals surface area (Å²) in [5.41, 5.74) is 0.166. The summed E-state index contributed by atoms with van der Waals surface area (Å²) in [6, 6.07) is -0.590. The molecule has 0 aliphatic carbocycles. The van der Waals surface area contributed by atoms with E-state index in [2.05, 4.69) is 10.3 Å². The highest BCUT2D eigenvalue weighted by Gasteiger charge is 2.37. The number of amides is 3. The van der Waals surface area contributed by atoms with Crippen LogP contribution in [0.25, 0.3) is 0 Å². The topological polar surface area (TPSA) is 87.0 Å². The van der Waals surface area contributed by atoms with Gasteiger partial charge in [0.05, 0.1) is 6.54 Å². The van der Waals surface area contributed by atoms with E-state index in [0.29, 0.717) is 16.4 Å². The van der Waals surface area contributed by atoms with Gasteiger partial charge >= 0.3 is 12.1 Å². The molecule has 0 spiro atoms. The normalized spacial score (nSPS) is 16.8. The molecule has 0 saturated heterocycles. The predicted octanol–water partition coefficient (Wildman–Crippen LogP) is 1.51. The molecule has 3 amide bonds. The third-order valence-corrected chi connectivity index (χ3v) is 2.62. The molecular weight excluding hydrogens is 290 g/mol. The van der Waals surface area contributed by atoms with Crippen LogP contribution in [-0.2, 0) is 9.57 Å². The fourth-order valence-electron chi connectivity index (χ4n) is 1.63. The van der Waals surface area contributed by atoms with Crippen LogP contribution >= 0.6 is 0 Å². The van der Waals surface area contributed by atoms with E-state index in [1.807, 2.05) is 0 Å². The van der Waals surface area contributed by atoms with E-state index in [0.717, 1.165) is 0 Å². The second kappa shape index (κ2) is 6.73. The van der Waals surface area contributed by atoms with Crippen molar-refractivity contribution < 1.29 is 19.2 Å². The molecule has 0 aromatic heterocycles. The maximum Gasteiger partial charge on any atom is 0.439 e. The number of hydrazone groups is 1. The summed E-state index contributed by atoms with van der Waals surface area (Å²) in [6.45, 7) is 7.00. The van der Waals surface area contributed by atoms with E-state index >= 15 is 0 Å². The number of urea groups is 1. The average molecular weight is 313 g/mol. The molecule has 1 heterocycles. The fraction of sp³-hybridized carbons (Fsp3) is 0.692. The zero-order valence-corrected chi connectivity index (χ0v) is 14.1. The van der Waals surface area contributed by atoms with E-state index in [4.69, 9.17) is 9.57 Å². The van der Waals surface area contributed by atoms with Crippen LogP contribution in [0.2, 0.25) is 0 Å². The first-order valence-corrected chi connectivity index (χ1v) is 6.74. The van der Waals surface area contributed by atoms with Crippen molar-refractivity contribution in [1.82, 2.24) is 15.0 Å². The highest BCUT2D eigenvalue weighted by molar-refractivity contribution is 6.42. The molecule has 9 nitrogen and oxygen atoms in total. The number of hydrogen-bond acceptors (Lipinski definition) is 7. The number of carbonyl (C=O) groups excluding carboxylic acids is 2. The third kappa shape index (κ3) is 4.42. The molecule has 1 aliphatic heterocycles. The summed E-state index contributed by atoms with van der Waals surface area (Å²) >= 11 is 0. The number of hydrogen-bond donors (Lipinski definition) is 0. The van der Waals surface area contributed by atoms with Crippen molar-refractivity contribution in [2.24, 2.45) is 10.3 Å². The molecule has 0 radical (unpaired) electrons. The van der Waals surface area contributed by atoms with Gasteiger partial charge in [0.15, 0.2) is 0 Å². The number of rotatable bonds is 3. The molecule has 1 aliphatic rings. The molecule has 0 aromatic rings. The van der Waals surface area contributed by atoms with Gasteiger partial charge in [0.2, 0.25) is 0 Å². The molecule has 0 bridgehead atoms. The number of ether oxygens (including phenoxy) is 1. The molecular formula is C13H23N5O4. The first-order chi connectivity index (χ1) is 10.1. The van der Waals surface area contributed by atoms with Crippen molar-refractivity contribution in [3.05, 3.63) is 0 Å². The lowest BCUT2D eigenvalue weighted by Crippen LogP contribution is -2.56. The summed E-state index contributed by atoms with van der Waals surface area (Å²) in [7, 11) is 4.79. The Bertz CT molecular complexity index is 507. The number of carbonyl (C=O) groups is 2. The number of oxime groups is 1. The van der Waals surface area contributed by atoms with Gasteiger partial charge in [-0.1, -0.05) is 5.16 Å². The number of hydrazine groups is 1. The van der Waals surface area contributed by atoms with E-state index in [1.165, 1.54) is 12.1 Å². The Morgan fingerprint density at radius 3 is 2.41 bits per heavy atom. The van der Waals surface area contributed by atoms with Crippen LogP contribution < -0.4 is 0 Å². The van der Waals surface area contributed by atoms with Crippen molar-refractivity contribution in [2.45, 2.75) is 33.3 Å². The Labute approximate surface area is 130 Å². The Kier molecular flexibility index (Phi) is 5.48. The smallest absolute Gasteiger partial charge is 0.439 e. The lowest BCUT2D eigenvalue weighted by molar-refractivity contribution is 0.0112. The summed E-state index contributed by atoms with van der Waals surface area (Å²) in [4.78, 5) is 29.2. The quantitative estimate of drug-likeness (QED) is 0.582. The van der Waals surface area contributed by atoms with Crippen LogP contribution in [0.15, 0.2) is 10.3 Å². The summed E-state index contributed by atoms with van der Waals surface area (Å²) < 4.78 is 5.21. The van der Waals surface area contributed by atoms with Gasteiger partial charge in [-0.3, -0.25) is 0 Å². The van der Waals surface area contributed by atoms with Crippen LogP contribution in [0, 0.1) is 0 Å². The van der Waals surface area contributed by atoms with Gasteiger partial charge < -0.3 is 9.57 Å². The second-order valence-electron chi connectivity index (χ2n) is 5.89. The largest absolute Gasteiger partial charge is 0.442 e. The SMILES string of the molecule is CO/N=C(\C)C1=NN(C(=O)OC(C)(C)C)C(=O)N(N(C)C)C1. The van der Waals surface area contributed by atoms with Crippen LogP contribution in [0.3, 0.4) is 0 Å². The lowest BCUT2D eigenvalue weighted by atomic mass is 10.2. The molecule has 9 heteroatoms. The van der Waals surface area contributed by atoms with Crippen molar-refractivity contribution >= 4 is 23.5 Å². The molecule has 124 valence electrons. The minimum Gasteiger partial charge on any atom is -0.442 e. The second-order valence-corrected chi connectivity index (χ2v) is 5.89. The van der Waals surface area contributed by atoms with E-state index in [1.54, 1.807) is 46.8 Å². The Morgan fingerprint density at radius 1 is 1.36 bits per heavy atom. The van der Waals surface area contributed by atoms with E-state index in [9.17, 15) is 9.59 Å². The van der Waals surface area contributed by atoms with Gasteiger partial charge in [-0.2, -0.15) is 5.10 Å². The lowest BCUT2D eigenvalue weighted by Gasteiger charge is -2.35. The van der Waals surface area contributed by atoms with Crippen molar-refractivity contribution in [1.29, 1.82) is 0 Å². The summed E-state index contributed by atoms with van der Waals surface area (Å²) in [6.07, 6.45) is -0.841. The van der Waals surface area contributed by atoms with Crippen molar-refractivity contribution in [3.63, 3.8) is 0 Å². The first-order valence-electron chi connectivity index (χ1n) is 6.74. The zero-order chi connectivity index (χ0) is 17.1. The van der Waals surface area contributed by atoms with Gasteiger partial charge in [-0.15, -0.1) is 5.01 Å². The molecule has 22 heavy (non-hydrogen) atoms. The Balaban J connectivity index is 3.15. The van der Waals surface area contributed by atoms with Gasteiger partial charge in [0.25, 0.3) is 0 Å². The fourth-order valence-corrected chi connectivity index (χ4v) is 1.63. The predicted molar refractivity (Wildman–Crippen MR) is 81.4 cm³/mol. The summed E-state index contributed by atoms with van der Waals surface area (Å²) in [5.74, 6) is 0. The zero-order valence-electron chi connectivity index (χ0n) is 14.1. The average Bonchev–Trinajstić information content (AvgIpc) is 2.36. The molecule has 0 atom stereocenters. The standard InChI is InChI=1S/C13H23N5O4/c1-9(15-21-7)10-8-17(16(5)6)11(19)18(14-10)12(20)22-13(2,3)4/h8H2,1-7H3/b15-9+. The maximum absolute atomic E-state index is 12.4. The molecule has 0 unspecified atom stereocenters. The summed E-state index contributed by atoms with van der Waals surface area (Å²) in [5, 5.41) is 11.4. The number of nitrogens with zero attached hydrogens (tertiary/aromatic N) is 5. The minimum atomic E-state index is -0.841.